The van der Waals surface area contributed by atoms with E-state index in [4.69, 9.17) is 9.15 Å². The summed E-state index contributed by atoms with van der Waals surface area (Å²) in [6.07, 6.45) is -0.328. The van der Waals surface area contributed by atoms with Gasteiger partial charge >= 0.3 is 11.8 Å². The lowest BCUT2D eigenvalue weighted by Crippen LogP contribution is -2.51. The molecule has 0 radical (unpaired) electrons. The Morgan fingerprint density at radius 3 is 2.50 bits per heavy atom. The van der Waals surface area contributed by atoms with Gasteiger partial charge in [0.15, 0.2) is 5.58 Å². The fourth-order valence-electron chi connectivity index (χ4n) is 3.18. The van der Waals surface area contributed by atoms with E-state index in [0.29, 0.717) is 38.2 Å². The van der Waals surface area contributed by atoms with Crippen molar-refractivity contribution >= 4 is 27.2 Å². The third-order valence-corrected chi connectivity index (χ3v) is 6.28. The van der Waals surface area contributed by atoms with Crippen molar-refractivity contribution in [3.63, 3.8) is 0 Å². The van der Waals surface area contributed by atoms with Crippen LogP contribution >= 0.6 is 0 Å². The van der Waals surface area contributed by atoms with E-state index in [1.807, 2.05) is 20.8 Å². The molecule has 1 aliphatic heterocycles. The van der Waals surface area contributed by atoms with Crippen molar-refractivity contribution < 1.29 is 22.4 Å². The summed E-state index contributed by atoms with van der Waals surface area (Å²) in [6, 6.07) is 4.34. The molecule has 10 nitrogen and oxygen atoms in total. The fourth-order valence-corrected chi connectivity index (χ4v) is 4.22. The summed E-state index contributed by atoms with van der Waals surface area (Å²) < 4.78 is 39.4. The van der Waals surface area contributed by atoms with Gasteiger partial charge in [-0.25, -0.2) is 22.7 Å². The highest BCUT2D eigenvalue weighted by atomic mass is 32.2. The van der Waals surface area contributed by atoms with E-state index >= 15 is 0 Å². The molecular weight excluding hydrogens is 412 g/mol. The van der Waals surface area contributed by atoms with Crippen molar-refractivity contribution in [2.75, 3.05) is 39.3 Å². The molecule has 1 N–H and O–H groups in total. The Morgan fingerprint density at radius 2 is 1.87 bits per heavy atom. The van der Waals surface area contributed by atoms with Crippen LogP contribution in [0.5, 0.6) is 0 Å². The summed E-state index contributed by atoms with van der Waals surface area (Å²) in [5, 5.41) is 0. The summed E-state index contributed by atoms with van der Waals surface area (Å²) in [5.74, 6) is -0.543. The van der Waals surface area contributed by atoms with E-state index in [1.165, 1.54) is 16.7 Å². The lowest BCUT2D eigenvalue weighted by molar-refractivity contribution is 0.0147. The van der Waals surface area contributed by atoms with E-state index in [0.717, 1.165) is 0 Å². The number of carbonyl (C=O) groups excluding carboxylic acids is 1. The molecule has 0 spiro atoms. The number of aromatic nitrogens is 1. The second-order valence-corrected chi connectivity index (χ2v) is 10.0. The standard InChI is InChI=1S/C19H28N4O6S/c1-19(2,3)29-18(25)23-11-9-22(10-12-23)8-7-20-30(26,27)14-5-6-15-16(13-14)28-17(24)21(15)4/h5-6,13,20H,7-12H2,1-4H3. The molecule has 11 heteroatoms. The van der Waals surface area contributed by atoms with Gasteiger partial charge in [0.25, 0.3) is 0 Å². The van der Waals surface area contributed by atoms with Gasteiger partial charge in [0.2, 0.25) is 10.0 Å². The van der Waals surface area contributed by atoms with Gasteiger partial charge in [0.05, 0.1) is 10.4 Å². The van der Waals surface area contributed by atoms with Crippen LogP contribution in [-0.4, -0.2) is 73.7 Å². The second-order valence-electron chi connectivity index (χ2n) is 8.26. The average molecular weight is 441 g/mol. The number of sulfonamides is 1. The van der Waals surface area contributed by atoms with E-state index in [9.17, 15) is 18.0 Å². The summed E-state index contributed by atoms with van der Waals surface area (Å²) in [4.78, 5) is 27.5. The smallest absolute Gasteiger partial charge is 0.419 e. The van der Waals surface area contributed by atoms with Crippen LogP contribution in [0.1, 0.15) is 20.8 Å². The first-order chi connectivity index (χ1) is 14.0. The van der Waals surface area contributed by atoms with Gasteiger partial charge in [-0.2, -0.15) is 0 Å². The largest absolute Gasteiger partial charge is 0.444 e. The van der Waals surface area contributed by atoms with Gasteiger partial charge in [-0.05, 0) is 32.9 Å². The maximum atomic E-state index is 12.6. The molecule has 1 fully saturated rings. The Balaban J connectivity index is 1.51. The van der Waals surface area contributed by atoms with Gasteiger partial charge in [0, 0.05) is 52.4 Å². The molecule has 0 bridgehead atoms. The van der Waals surface area contributed by atoms with Crippen LogP contribution in [-0.2, 0) is 21.8 Å². The minimum atomic E-state index is -3.73. The number of hydrogen-bond acceptors (Lipinski definition) is 7. The minimum Gasteiger partial charge on any atom is -0.444 e. The first-order valence-corrected chi connectivity index (χ1v) is 11.2. The lowest BCUT2D eigenvalue weighted by Gasteiger charge is -2.35. The molecule has 0 atom stereocenters. The Morgan fingerprint density at radius 1 is 1.20 bits per heavy atom. The number of carbonyl (C=O) groups is 1. The quantitative estimate of drug-likeness (QED) is 0.737. The zero-order valence-electron chi connectivity index (χ0n) is 17.7. The van der Waals surface area contributed by atoms with E-state index < -0.39 is 21.4 Å². The summed E-state index contributed by atoms with van der Waals surface area (Å²) in [7, 11) is -2.17. The first-order valence-electron chi connectivity index (χ1n) is 9.76. The van der Waals surface area contributed by atoms with Crippen molar-refractivity contribution in [1.29, 1.82) is 0 Å². The molecule has 0 aliphatic carbocycles. The number of nitrogens with zero attached hydrogens (tertiary/aromatic N) is 3. The maximum Gasteiger partial charge on any atom is 0.419 e. The highest BCUT2D eigenvalue weighted by molar-refractivity contribution is 7.89. The zero-order valence-corrected chi connectivity index (χ0v) is 18.5. The van der Waals surface area contributed by atoms with Gasteiger partial charge < -0.3 is 14.1 Å². The SMILES string of the molecule is Cn1c(=O)oc2cc(S(=O)(=O)NCCN3CCN(C(=O)OC(C)(C)C)CC3)ccc21. The Bertz CT molecular complexity index is 1070. The van der Waals surface area contributed by atoms with Crippen molar-refractivity contribution in [2.45, 2.75) is 31.3 Å². The number of ether oxygens (including phenoxy) is 1. The molecule has 1 saturated heterocycles. The summed E-state index contributed by atoms with van der Waals surface area (Å²) in [6.45, 7) is 8.58. The number of benzene rings is 1. The monoisotopic (exact) mass is 440 g/mol. The molecule has 2 heterocycles. The number of amides is 1. The van der Waals surface area contributed by atoms with Gasteiger partial charge in [0.1, 0.15) is 5.60 Å². The normalized spacial score (nSPS) is 16.2. The van der Waals surface area contributed by atoms with E-state index in [-0.39, 0.29) is 23.1 Å². The van der Waals surface area contributed by atoms with Crippen molar-refractivity contribution in [2.24, 2.45) is 7.05 Å². The molecular formula is C19H28N4O6S. The van der Waals surface area contributed by atoms with Crippen LogP contribution in [0.15, 0.2) is 32.3 Å². The van der Waals surface area contributed by atoms with Gasteiger partial charge in [-0.1, -0.05) is 0 Å². The molecule has 30 heavy (non-hydrogen) atoms. The predicted octanol–water partition coefficient (Wildman–Crippen LogP) is 0.963. The first kappa shape index (κ1) is 22.3. The lowest BCUT2D eigenvalue weighted by atomic mass is 10.2. The van der Waals surface area contributed by atoms with Crippen LogP contribution in [0, 0.1) is 0 Å². The highest BCUT2D eigenvalue weighted by Gasteiger charge is 2.26. The predicted molar refractivity (Wildman–Crippen MR) is 111 cm³/mol. The molecule has 1 aromatic heterocycles. The molecule has 1 aromatic carbocycles. The number of hydrogen-bond donors (Lipinski definition) is 1. The number of nitrogens with one attached hydrogen (secondary N) is 1. The molecule has 0 unspecified atom stereocenters. The van der Waals surface area contributed by atoms with Crippen LogP contribution in [0.4, 0.5) is 4.79 Å². The Labute approximate surface area is 175 Å². The van der Waals surface area contributed by atoms with Crippen LogP contribution in [0.3, 0.4) is 0 Å². The maximum absolute atomic E-state index is 12.6. The van der Waals surface area contributed by atoms with Gasteiger partial charge in [-0.15, -0.1) is 0 Å². The number of aryl methyl sites for hydroxylation is 1. The fraction of sp³-hybridized carbons (Fsp3) is 0.579. The van der Waals surface area contributed by atoms with E-state index in [2.05, 4.69) is 9.62 Å². The number of rotatable bonds is 5. The second kappa shape index (κ2) is 8.40. The summed E-state index contributed by atoms with van der Waals surface area (Å²) >= 11 is 0. The van der Waals surface area contributed by atoms with Crippen molar-refractivity contribution in [1.82, 2.24) is 19.1 Å². The molecule has 2 aromatic rings. The number of piperazine rings is 1. The third-order valence-electron chi connectivity index (χ3n) is 4.82. The molecule has 3 rings (SSSR count). The molecule has 166 valence electrons. The highest BCUT2D eigenvalue weighted by Crippen LogP contribution is 2.18. The van der Waals surface area contributed by atoms with E-state index in [1.54, 1.807) is 18.0 Å². The van der Waals surface area contributed by atoms with Crippen LogP contribution in [0.2, 0.25) is 0 Å². The molecule has 1 aliphatic rings. The average Bonchev–Trinajstić information content (AvgIpc) is 2.94. The van der Waals surface area contributed by atoms with Gasteiger partial charge in [-0.3, -0.25) is 9.47 Å². The minimum absolute atomic E-state index is 0.0408. The van der Waals surface area contributed by atoms with Crippen molar-refractivity contribution in [3.05, 3.63) is 28.7 Å². The van der Waals surface area contributed by atoms with Crippen molar-refractivity contribution in [3.8, 4) is 0 Å². The third kappa shape index (κ3) is 5.21. The Kier molecular flexibility index (Phi) is 6.25. The molecule has 1 amide bonds. The number of oxazole rings is 1. The van der Waals surface area contributed by atoms with Crippen LogP contribution in [0.25, 0.3) is 11.1 Å². The van der Waals surface area contributed by atoms with Crippen LogP contribution < -0.4 is 10.5 Å². The zero-order chi connectivity index (χ0) is 22.1. The number of fused-ring (bicyclic) bond motifs is 1. The topological polar surface area (TPSA) is 114 Å². The Hall–Kier alpha value is -2.37. The molecule has 0 saturated carbocycles. The summed E-state index contributed by atoms with van der Waals surface area (Å²) in [5.41, 5.74) is 0.225.